The van der Waals surface area contributed by atoms with E-state index in [0.29, 0.717) is 0 Å². The van der Waals surface area contributed by atoms with Gasteiger partial charge in [-0.15, -0.1) is 0 Å². The van der Waals surface area contributed by atoms with Crippen molar-refractivity contribution >= 4 is 27.9 Å². The van der Waals surface area contributed by atoms with Gasteiger partial charge in [-0.3, -0.25) is 0 Å². The Morgan fingerprint density at radius 3 is 1.64 bits per heavy atom. The lowest BCUT2D eigenvalue weighted by Crippen LogP contribution is -2.52. The van der Waals surface area contributed by atoms with E-state index in [0.717, 1.165) is 37.7 Å². The Bertz CT molecular complexity index is 2300. The van der Waals surface area contributed by atoms with Gasteiger partial charge in [0.1, 0.15) is 0 Å². The van der Waals surface area contributed by atoms with Gasteiger partial charge in [-0.1, -0.05) is 138 Å². The minimum atomic E-state index is -0.194. The summed E-state index contributed by atoms with van der Waals surface area (Å²) in [5.74, 6) is 0.325. The van der Waals surface area contributed by atoms with E-state index in [1.165, 1.54) is 106 Å². The van der Waals surface area contributed by atoms with Crippen LogP contribution in [0.2, 0.25) is 0 Å². The Balaban J connectivity index is 1.30. The van der Waals surface area contributed by atoms with Crippen LogP contribution in [0.5, 0.6) is 0 Å². The third-order valence-corrected chi connectivity index (χ3v) is 15.0. The number of rotatable bonds is 5. The van der Waals surface area contributed by atoms with Crippen LogP contribution >= 0.6 is 0 Å². The average molecular weight is 693 g/mol. The van der Waals surface area contributed by atoms with E-state index in [9.17, 15) is 0 Å². The van der Waals surface area contributed by atoms with Crippen molar-refractivity contribution in [3.05, 3.63) is 184 Å². The molecule has 53 heavy (non-hydrogen) atoms. The van der Waals surface area contributed by atoms with Crippen LogP contribution in [0.15, 0.2) is 134 Å². The normalized spacial score (nSPS) is 26.9. The topological polar surface area (TPSA) is 0 Å². The first-order valence-electron chi connectivity index (χ1n) is 19.5. The van der Waals surface area contributed by atoms with Gasteiger partial charge in [0.2, 0.25) is 0 Å². The number of hydrogen-bond donors (Lipinski definition) is 0. The van der Waals surface area contributed by atoms with Crippen LogP contribution in [0.25, 0.3) is 27.9 Å². The largest absolute Gasteiger partial charge is 0.0955 e. The summed E-state index contributed by atoms with van der Waals surface area (Å²) < 4.78 is 0. The monoisotopic (exact) mass is 692 g/mol. The Kier molecular flexibility index (Phi) is 7.78. The molecular formula is C53H56. The molecule has 0 heteroatoms. The third kappa shape index (κ3) is 4.67. The summed E-state index contributed by atoms with van der Waals surface area (Å²) in [7, 11) is 0. The SMILES string of the molecule is C=C(C)C1=C(C)C[C@@]2(C)C[C@@]3(C)Cc4c(CC5C(=C)c6ccccc6C5=C)cc(CC5C(=C)c6ccccc6C5=C)c(C)c4C(=C)C3=C(C)[C@@]2(C)C1=C. The predicted molar refractivity (Wildman–Crippen MR) is 230 cm³/mol. The van der Waals surface area contributed by atoms with Gasteiger partial charge in [-0.25, -0.2) is 0 Å². The summed E-state index contributed by atoms with van der Waals surface area (Å²) in [4.78, 5) is 0. The van der Waals surface area contributed by atoms with Crippen LogP contribution in [0.4, 0.5) is 0 Å². The molecule has 3 atom stereocenters. The van der Waals surface area contributed by atoms with Gasteiger partial charge < -0.3 is 0 Å². The van der Waals surface area contributed by atoms with Gasteiger partial charge in [0.05, 0.1) is 0 Å². The highest BCUT2D eigenvalue weighted by Crippen LogP contribution is 2.70. The van der Waals surface area contributed by atoms with Crippen LogP contribution in [0.1, 0.15) is 104 Å². The fourth-order valence-electron chi connectivity index (χ4n) is 12.3. The lowest BCUT2D eigenvalue weighted by Gasteiger charge is -2.62. The summed E-state index contributed by atoms with van der Waals surface area (Å²) in [6.07, 6.45) is 4.87. The van der Waals surface area contributed by atoms with E-state index in [2.05, 4.69) is 136 Å². The molecule has 0 radical (unpaired) electrons. The van der Waals surface area contributed by atoms with Crippen molar-refractivity contribution < 1.29 is 0 Å². The average Bonchev–Trinajstić information content (AvgIpc) is 3.48. The maximum absolute atomic E-state index is 5.07. The quantitative estimate of drug-likeness (QED) is 0.250. The minimum Gasteiger partial charge on any atom is -0.0955 e. The molecule has 0 aromatic heterocycles. The molecule has 0 saturated carbocycles. The number of allylic oxidation sites excluding steroid dienone is 11. The van der Waals surface area contributed by atoms with E-state index in [4.69, 9.17) is 13.2 Å². The Labute approximate surface area is 319 Å². The van der Waals surface area contributed by atoms with Crippen molar-refractivity contribution in [3.63, 3.8) is 0 Å². The van der Waals surface area contributed by atoms with Gasteiger partial charge >= 0.3 is 0 Å². The van der Waals surface area contributed by atoms with Crippen LogP contribution < -0.4 is 0 Å². The molecule has 0 unspecified atom stereocenters. The van der Waals surface area contributed by atoms with Crippen molar-refractivity contribution in [1.29, 1.82) is 0 Å². The Morgan fingerprint density at radius 2 is 1.17 bits per heavy atom. The number of benzene rings is 3. The highest BCUT2D eigenvalue weighted by Gasteiger charge is 2.60. The molecule has 5 aliphatic carbocycles. The molecule has 0 fully saturated rings. The van der Waals surface area contributed by atoms with Crippen molar-refractivity contribution in [2.75, 3.05) is 0 Å². The minimum absolute atomic E-state index is 0.0241. The zero-order chi connectivity index (χ0) is 38.1. The first-order chi connectivity index (χ1) is 24.9. The summed E-state index contributed by atoms with van der Waals surface area (Å²) in [5, 5.41) is 0. The predicted octanol–water partition coefficient (Wildman–Crippen LogP) is 14.0. The number of hydrogen-bond acceptors (Lipinski definition) is 0. The summed E-state index contributed by atoms with van der Waals surface area (Å²) in [6.45, 7) is 49.7. The van der Waals surface area contributed by atoms with Gasteiger partial charge in [0.25, 0.3) is 0 Å². The molecule has 0 N–H and O–H groups in total. The smallest absolute Gasteiger partial charge is 0.0194 e. The molecule has 3 aromatic rings. The molecule has 8 rings (SSSR count). The van der Waals surface area contributed by atoms with Crippen molar-refractivity contribution in [2.45, 2.75) is 80.6 Å². The molecule has 268 valence electrons. The molecule has 0 spiro atoms. The van der Waals surface area contributed by atoms with Gasteiger partial charge in [-0.2, -0.15) is 0 Å². The lowest BCUT2D eigenvalue weighted by molar-refractivity contribution is 0.0543. The van der Waals surface area contributed by atoms with Crippen LogP contribution in [0.3, 0.4) is 0 Å². The van der Waals surface area contributed by atoms with Gasteiger partial charge in [0.15, 0.2) is 0 Å². The maximum atomic E-state index is 5.07. The van der Waals surface area contributed by atoms with Gasteiger partial charge in [-0.05, 0) is 165 Å². The zero-order valence-corrected chi connectivity index (χ0v) is 33.3. The second-order valence-corrected chi connectivity index (χ2v) is 18.0. The molecule has 0 heterocycles. The number of fused-ring (bicyclic) bond motifs is 5. The summed E-state index contributed by atoms with van der Waals surface area (Å²) in [5.41, 5.74) is 25.5. The van der Waals surface area contributed by atoms with Crippen molar-refractivity contribution in [2.24, 2.45) is 28.1 Å². The van der Waals surface area contributed by atoms with Crippen LogP contribution in [0, 0.1) is 35.0 Å². The molecule has 0 saturated heterocycles. The van der Waals surface area contributed by atoms with Gasteiger partial charge in [0, 0.05) is 17.3 Å². The second kappa shape index (κ2) is 11.7. The van der Waals surface area contributed by atoms with E-state index < -0.39 is 0 Å². The van der Waals surface area contributed by atoms with E-state index in [1.54, 1.807) is 0 Å². The molecule has 3 aromatic carbocycles. The maximum Gasteiger partial charge on any atom is 0.0194 e. The van der Waals surface area contributed by atoms with E-state index >= 15 is 0 Å². The first kappa shape index (κ1) is 35.4. The lowest BCUT2D eigenvalue weighted by atomic mass is 9.41. The first-order valence-corrected chi connectivity index (χ1v) is 19.5. The van der Waals surface area contributed by atoms with Crippen molar-refractivity contribution in [1.82, 2.24) is 0 Å². The standard InChI is InChI=1S/C53H56/c1-29(2)48-30(3)26-52(13)28-51(12)27-47-40(25-46-34(7)43-21-17-18-22-44(43)35(46)8)23-39(24-45-32(5)41-19-15-16-20-42(41)33(45)6)31(4)49(47)36(9)50(51)38(11)53(52,14)37(48)10/h15-23,45-46H,1,5-10,24-28H2,2-4,11-14H3/t51-,52+,53-/m1/s1. The molecular weight excluding hydrogens is 637 g/mol. The molecule has 0 amide bonds. The third-order valence-electron chi connectivity index (χ3n) is 15.0. The second-order valence-electron chi connectivity index (χ2n) is 18.0. The fraction of sp³-hybridized carbons (Fsp3) is 0.321. The fourth-order valence-corrected chi connectivity index (χ4v) is 12.3. The zero-order valence-electron chi connectivity index (χ0n) is 33.3. The van der Waals surface area contributed by atoms with E-state index in [-0.39, 0.29) is 28.1 Å². The summed E-state index contributed by atoms with van der Waals surface area (Å²) in [6, 6.07) is 19.9. The highest BCUT2D eigenvalue weighted by molar-refractivity contribution is 5.95. The summed E-state index contributed by atoms with van der Waals surface area (Å²) >= 11 is 0. The van der Waals surface area contributed by atoms with Crippen LogP contribution in [-0.4, -0.2) is 0 Å². The molecule has 0 bridgehead atoms. The molecule has 0 nitrogen and oxygen atoms in total. The Hall–Kier alpha value is -4.68. The van der Waals surface area contributed by atoms with Crippen molar-refractivity contribution in [3.8, 4) is 0 Å². The highest BCUT2D eigenvalue weighted by atomic mass is 14.6. The Morgan fingerprint density at radius 1 is 0.698 bits per heavy atom. The molecule has 0 aliphatic heterocycles. The van der Waals surface area contributed by atoms with E-state index in [1.807, 2.05) is 0 Å². The van der Waals surface area contributed by atoms with Crippen LogP contribution in [-0.2, 0) is 19.3 Å². The molecule has 5 aliphatic rings.